The minimum Gasteiger partial charge on any atom is -0.478 e. The van der Waals surface area contributed by atoms with Crippen LogP contribution in [0.2, 0.25) is 0 Å². The molecule has 0 bridgehead atoms. The number of carbonyl (C=O) groups is 1. The zero-order valence-corrected chi connectivity index (χ0v) is 7.77. The van der Waals surface area contributed by atoms with E-state index in [0.29, 0.717) is 9.14 Å². The lowest BCUT2D eigenvalue weighted by Crippen LogP contribution is -1.93. The fourth-order valence-corrected chi connectivity index (χ4v) is 1.13. The van der Waals surface area contributed by atoms with Crippen molar-refractivity contribution in [1.29, 1.82) is 0 Å². The maximum absolute atomic E-state index is 10.3. The topological polar surface area (TPSA) is 50.4 Å². The number of furan rings is 1. The summed E-state index contributed by atoms with van der Waals surface area (Å²) < 4.78 is 5.57. The van der Waals surface area contributed by atoms with Gasteiger partial charge in [0, 0.05) is 0 Å². The minimum absolute atomic E-state index is 0.117. The van der Waals surface area contributed by atoms with Crippen LogP contribution >= 0.6 is 31.9 Å². The van der Waals surface area contributed by atoms with Gasteiger partial charge >= 0.3 is 5.97 Å². The molecule has 0 aromatic carbocycles. The third-order valence-electron chi connectivity index (χ3n) is 0.920. The molecule has 0 radical (unpaired) electrons. The van der Waals surface area contributed by atoms with E-state index in [0.717, 1.165) is 6.26 Å². The van der Waals surface area contributed by atoms with Crippen LogP contribution in [0.5, 0.6) is 0 Å². The SMILES string of the molecule is O=C(O)c1coc(Br)c1Br. The summed E-state index contributed by atoms with van der Waals surface area (Å²) in [6, 6.07) is 0. The molecule has 1 aromatic rings. The van der Waals surface area contributed by atoms with Gasteiger partial charge in [-0.3, -0.25) is 0 Å². The molecule has 0 unspecified atom stereocenters. The lowest BCUT2D eigenvalue weighted by atomic mass is 10.4. The second kappa shape index (κ2) is 2.75. The van der Waals surface area contributed by atoms with Gasteiger partial charge < -0.3 is 9.52 Å². The molecule has 10 heavy (non-hydrogen) atoms. The lowest BCUT2D eigenvalue weighted by molar-refractivity contribution is 0.0695. The molecule has 0 aliphatic heterocycles. The fourth-order valence-electron chi connectivity index (χ4n) is 0.464. The maximum atomic E-state index is 10.3. The van der Waals surface area contributed by atoms with E-state index in [1.807, 2.05) is 0 Å². The summed E-state index contributed by atoms with van der Waals surface area (Å²) in [4.78, 5) is 10.3. The largest absolute Gasteiger partial charge is 0.478 e. The fraction of sp³-hybridized carbons (Fsp3) is 0. The Hall–Kier alpha value is -0.290. The van der Waals surface area contributed by atoms with Gasteiger partial charge in [-0.25, -0.2) is 4.79 Å². The van der Waals surface area contributed by atoms with Crippen LogP contribution in [0.1, 0.15) is 10.4 Å². The molecule has 3 nitrogen and oxygen atoms in total. The van der Waals surface area contributed by atoms with Crippen molar-refractivity contribution in [3.8, 4) is 0 Å². The molecule has 0 spiro atoms. The van der Waals surface area contributed by atoms with E-state index >= 15 is 0 Å². The minimum atomic E-state index is -1.01. The molecule has 0 saturated heterocycles. The summed E-state index contributed by atoms with van der Waals surface area (Å²) in [6.45, 7) is 0. The number of hydrogen-bond donors (Lipinski definition) is 1. The first kappa shape index (κ1) is 7.81. The zero-order valence-electron chi connectivity index (χ0n) is 4.60. The van der Waals surface area contributed by atoms with Gasteiger partial charge in [0.05, 0.1) is 4.47 Å². The van der Waals surface area contributed by atoms with E-state index in [4.69, 9.17) is 9.52 Å². The first-order chi connectivity index (χ1) is 4.63. The van der Waals surface area contributed by atoms with E-state index in [2.05, 4.69) is 31.9 Å². The number of halogens is 2. The second-order valence-corrected chi connectivity index (χ2v) is 3.06. The van der Waals surface area contributed by atoms with E-state index in [1.165, 1.54) is 0 Å². The number of hydrogen-bond acceptors (Lipinski definition) is 2. The summed E-state index contributed by atoms with van der Waals surface area (Å²) >= 11 is 6.04. The predicted molar refractivity (Wildman–Crippen MR) is 41.1 cm³/mol. The number of carboxylic acid groups (broad SMARTS) is 1. The van der Waals surface area contributed by atoms with Crippen LogP contribution in [-0.4, -0.2) is 11.1 Å². The molecular formula is C5H2Br2O3. The van der Waals surface area contributed by atoms with Gasteiger partial charge in [0.2, 0.25) is 0 Å². The first-order valence-electron chi connectivity index (χ1n) is 2.28. The normalized spacial score (nSPS) is 9.80. The smallest absolute Gasteiger partial charge is 0.340 e. The molecule has 54 valence electrons. The second-order valence-electron chi connectivity index (χ2n) is 1.54. The van der Waals surface area contributed by atoms with Gasteiger partial charge in [0.15, 0.2) is 4.67 Å². The van der Waals surface area contributed by atoms with Crippen LogP contribution in [0.4, 0.5) is 0 Å². The Bertz CT molecular complexity index is 266. The predicted octanol–water partition coefficient (Wildman–Crippen LogP) is 2.50. The summed E-state index contributed by atoms with van der Waals surface area (Å²) in [5.41, 5.74) is 0.117. The average molecular weight is 270 g/mol. The lowest BCUT2D eigenvalue weighted by Gasteiger charge is -1.84. The van der Waals surface area contributed by atoms with E-state index in [9.17, 15) is 4.79 Å². The average Bonchev–Trinajstić information content (AvgIpc) is 2.14. The Balaban J connectivity index is 3.17. The first-order valence-corrected chi connectivity index (χ1v) is 3.87. The monoisotopic (exact) mass is 268 g/mol. The number of rotatable bonds is 1. The Kier molecular flexibility index (Phi) is 2.15. The maximum Gasteiger partial charge on any atom is 0.340 e. The number of carboxylic acids is 1. The third-order valence-corrected chi connectivity index (χ3v) is 2.82. The highest BCUT2D eigenvalue weighted by atomic mass is 79.9. The van der Waals surface area contributed by atoms with Crippen LogP contribution in [0.15, 0.2) is 19.8 Å². The van der Waals surface area contributed by atoms with Gasteiger partial charge in [0.1, 0.15) is 11.8 Å². The Morgan fingerprint density at radius 3 is 2.40 bits per heavy atom. The quantitative estimate of drug-likeness (QED) is 0.852. The molecule has 0 amide bonds. The highest BCUT2D eigenvalue weighted by Gasteiger charge is 2.13. The molecule has 1 aromatic heterocycles. The van der Waals surface area contributed by atoms with E-state index in [1.54, 1.807) is 0 Å². The van der Waals surface area contributed by atoms with E-state index in [-0.39, 0.29) is 5.56 Å². The zero-order chi connectivity index (χ0) is 7.72. The van der Waals surface area contributed by atoms with Crippen molar-refractivity contribution in [2.75, 3.05) is 0 Å². The van der Waals surface area contributed by atoms with Crippen LogP contribution < -0.4 is 0 Å². The van der Waals surface area contributed by atoms with Crippen molar-refractivity contribution < 1.29 is 14.3 Å². The molecule has 0 aliphatic carbocycles. The van der Waals surface area contributed by atoms with Crippen LogP contribution in [-0.2, 0) is 0 Å². The Labute approximate surface area is 73.3 Å². The molecular weight excluding hydrogens is 268 g/mol. The summed E-state index contributed by atoms with van der Waals surface area (Å²) in [5, 5.41) is 8.47. The van der Waals surface area contributed by atoms with Crippen molar-refractivity contribution in [2.45, 2.75) is 0 Å². The number of aromatic carboxylic acids is 1. The summed E-state index contributed by atoms with van der Waals surface area (Å²) in [6.07, 6.45) is 1.16. The van der Waals surface area contributed by atoms with Gasteiger partial charge in [-0.15, -0.1) is 0 Å². The van der Waals surface area contributed by atoms with Crippen molar-refractivity contribution in [1.82, 2.24) is 0 Å². The van der Waals surface area contributed by atoms with E-state index < -0.39 is 5.97 Å². The van der Waals surface area contributed by atoms with Crippen LogP contribution in [0, 0.1) is 0 Å². The van der Waals surface area contributed by atoms with Crippen molar-refractivity contribution in [2.24, 2.45) is 0 Å². The van der Waals surface area contributed by atoms with Crippen LogP contribution in [0.3, 0.4) is 0 Å². The Morgan fingerprint density at radius 2 is 2.20 bits per heavy atom. The summed E-state index contributed by atoms with van der Waals surface area (Å²) in [5.74, 6) is -1.01. The molecule has 0 atom stereocenters. The molecule has 0 saturated carbocycles. The van der Waals surface area contributed by atoms with Gasteiger partial charge in [-0.2, -0.15) is 0 Å². The highest BCUT2D eigenvalue weighted by Crippen LogP contribution is 2.28. The molecule has 1 heterocycles. The standard InChI is InChI=1S/C5H2Br2O3/c6-3-2(5(8)9)1-10-4(3)7/h1H,(H,8,9). The molecule has 0 fully saturated rings. The molecule has 1 rings (SSSR count). The van der Waals surface area contributed by atoms with Crippen molar-refractivity contribution in [3.63, 3.8) is 0 Å². The highest BCUT2D eigenvalue weighted by molar-refractivity contribution is 9.13. The molecule has 5 heteroatoms. The van der Waals surface area contributed by atoms with Crippen molar-refractivity contribution in [3.05, 3.63) is 21.0 Å². The third kappa shape index (κ3) is 1.24. The van der Waals surface area contributed by atoms with Crippen molar-refractivity contribution >= 4 is 37.8 Å². The van der Waals surface area contributed by atoms with Gasteiger partial charge in [-0.1, -0.05) is 0 Å². The molecule has 0 aliphatic rings. The van der Waals surface area contributed by atoms with Gasteiger partial charge in [0.25, 0.3) is 0 Å². The van der Waals surface area contributed by atoms with Crippen LogP contribution in [0.25, 0.3) is 0 Å². The molecule has 1 N–H and O–H groups in total. The van der Waals surface area contributed by atoms with Gasteiger partial charge in [-0.05, 0) is 31.9 Å². The summed E-state index contributed by atoms with van der Waals surface area (Å²) in [7, 11) is 0. The Morgan fingerprint density at radius 1 is 1.60 bits per heavy atom.